The summed E-state index contributed by atoms with van der Waals surface area (Å²) < 4.78 is 40.6. The molecule has 2 heterocycles. The average Bonchev–Trinajstić information content (AvgIpc) is 3.15. The van der Waals surface area contributed by atoms with Gasteiger partial charge in [-0.25, -0.2) is 0 Å². The summed E-state index contributed by atoms with van der Waals surface area (Å²) in [6, 6.07) is 5.83. The number of unbranched alkanes of at least 4 members (excludes halogenated alkanes) is 1. The fraction of sp³-hybridized carbons (Fsp3) is 0.520. The summed E-state index contributed by atoms with van der Waals surface area (Å²) in [4.78, 5) is 2.47. The molecule has 1 unspecified atom stereocenters. The van der Waals surface area contributed by atoms with Gasteiger partial charge in [0.1, 0.15) is 5.82 Å². The molecular formula is C25H31F3N4. The molecule has 1 aliphatic carbocycles. The van der Waals surface area contributed by atoms with E-state index in [4.69, 9.17) is 0 Å². The highest BCUT2D eigenvalue weighted by molar-refractivity contribution is 5.69. The van der Waals surface area contributed by atoms with Crippen LogP contribution in [0.15, 0.2) is 42.5 Å². The van der Waals surface area contributed by atoms with Crippen molar-refractivity contribution >= 4 is 5.57 Å². The van der Waals surface area contributed by atoms with Gasteiger partial charge in [-0.15, -0.1) is 10.2 Å². The zero-order valence-corrected chi connectivity index (χ0v) is 19.0. The molecule has 4 rings (SSSR count). The highest BCUT2D eigenvalue weighted by atomic mass is 19.4. The van der Waals surface area contributed by atoms with E-state index >= 15 is 0 Å². The van der Waals surface area contributed by atoms with Crippen LogP contribution < -0.4 is 0 Å². The number of hydrogen-bond acceptors (Lipinski definition) is 3. The summed E-state index contributed by atoms with van der Waals surface area (Å²) in [6.45, 7) is 7.00. The molecule has 172 valence electrons. The number of nitrogens with zero attached hydrogens (tertiary/aromatic N) is 4. The molecule has 4 nitrogen and oxygen atoms in total. The quantitative estimate of drug-likeness (QED) is 0.403. The van der Waals surface area contributed by atoms with Crippen molar-refractivity contribution in [1.29, 1.82) is 0 Å². The summed E-state index contributed by atoms with van der Waals surface area (Å²) in [6.07, 6.45) is 5.90. The van der Waals surface area contributed by atoms with Crippen molar-refractivity contribution in [3.63, 3.8) is 0 Å². The molecule has 1 aliphatic heterocycles. The lowest BCUT2D eigenvalue weighted by molar-refractivity contribution is -0.137. The van der Waals surface area contributed by atoms with Crippen molar-refractivity contribution < 1.29 is 13.2 Å². The summed E-state index contributed by atoms with van der Waals surface area (Å²) in [5.41, 5.74) is 1.63. The van der Waals surface area contributed by atoms with Gasteiger partial charge in [0, 0.05) is 37.5 Å². The summed E-state index contributed by atoms with van der Waals surface area (Å²) >= 11 is 0. The first-order valence-electron chi connectivity index (χ1n) is 11.4. The maximum absolute atomic E-state index is 12.9. The standard InChI is InChI=1S/C25H31F3N4/c1-4-8-18(5-2)23-30-29-22(31(23)3)9-6-7-14-32-16-21-15-24(21,17-32)19-10-12-20(13-11-19)25(26,27)28/h4-5,8,10-13,21H,6-7,9,14-17H2,1-3H3/b8-4-,18-5+/t21?,24-/m1/s1. The smallest absolute Gasteiger partial charge is 0.314 e. The summed E-state index contributed by atoms with van der Waals surface area (Å²) in [5.74, 6) is 2.46. The Balaban J connectivity index is 1.27. The Morgan fingerprint density at radius 3 is 2.56 bits per heavy atom. The van der Waals surface area contributed by atoms with Crippen LogP contribution in [0.4, 0.5) is 13.2 Å². The van der Waals surface area contributed by atoms with E-state index in [0.29, 0.717) is 5.92 Å². The summed E-state index contributed by atoms with van der Waals surface area (Å²) in [7, 11) is 2.01. The Hall–Kier alpha value is -2.41. The van der Waals surface area contributed by atoms with Crippen molar-refractivity contribution in [1.82, 2.24) is 19.7 Å². The molecule has 32 heavy (non-hydrogen) atoms. The molecule has 0 spiro atoms. The zero-order valence-electron chi connectivity index (χ0n) is 19.0. The van der Waals surface area contributed by atoms with E-state index in [2.05, 4.69) is 19.7 Å². The molecule has 2 aliphatic rings. The Kier molecular flexibility index (Phi) is 6.30. The normalized spacial score (nSPS) is 23.8. The molecule has 1 saturated carbocycles. The lowest BCUT2D eigenvalue weighted by atomic mass is 9.94. The zero-order chi connectivity index (χ0) is 22.9. The number of rotatable bonds is 8. The maximum Gasteiger partial charge on any atom is 0.416 e. The Bertz CT molecular complexity index is 1000. The largest absolute Gasteiger partial charge is 0.416 e. The molecule has 1 saturated heterocycles. The second-order valence-electron chi connectivity index (χ2n) is 9.07. The monoisotopic (exact) mass is 444 g/mol. The molecule has 2 fully saturated rings. The highest BCUT2D eigenvalue weighted by Gasteiger charge is 2.60. The fourth-order valence-electron chi connectivity index (χ4n) is 5.12. The lowest BCUT2D eigenvalue weighted by Crippen LogP contribution is -2.27. The first-order valence-corrected chi connectivity index (χ1v) is 11.4. The van der Waals surface area contributed by atoms with Gasteiger partial charge >= 0.3 is 6.18 Å². The topological polar surface area (TPSA) is 34.0 Å². The number of benzene rings is 1. The second-order valence-corrected chi connectivity index (χ2v) is 9.07. The average molecular weight is 445 g/mol. The van der Waals surface area contributed by atoms with Crippen LogP contribution in [0.5, 0.6) is 0 Å². The van der Waals surface area contributed by atoms with Crippen LogP contribution in [0.2, 0.25) is 0 Å². The molecule has 0 N–H and O–H groups in total. The van der Waals surface area contributed by atoms with Gasteiger partial charge in [-0.2, -0.15) is 13.2 Å². The van der Waals surface area contributed by atoms with Crippen molar-refractivity contribution in [3.05, 3.63) is 65.3 Å². The summed E-state index contributed by atoms with van der Waals surface area (Å²) in [5, 5.41) is 8.73. The Morgan fingerprint density at radius 2 is 1.91 bits per heavy atom. The minimum Gasteiger partial charge on any atom is -0.314 e. The predicted molar refractivity (Wildman–Crippen MR) is 120 cm³/mol. The molecule has 1 aromatic carbocycles. The van der Waals surface area contributed by atoms with E-state index in [1.54, 1.807) is 12.1 Å². The molecule has 1 aromatic heterocycles. The van der Waals surface area contributed by atoms with E-state index in [-0.39, 0.29) is 5.41 Å². The second kappa shape index (κ2) is 8.85. The Labute approximate surface area is 187 Å². The predicted octanol–water partition coefficient (Wildman–Crippen LogP) is 5.41. The lowest BCUT2D eigenvalue weighted by Gasteiger charge is -2.21. The van der Waals surface area contributed by atoms with Gasteiger partial charge < -0.3 is 9.47 Å². The first kappa shape index (κ1) is 22.8. The number of hydrogen-bond donors (Lipinski definition) is 0. The van der Waals surface area contributed by atoms with Crippen LogP contribution in [0.1, 0.15) is 55.9 Å². The third-order valence-corrected chi connectivity index (χ3v) is 7.01. The number of likely N-dealkylation sites (tertiary alicyclic amines) is 1. The van der Waals surface area contributed by atoms with Crippen LogP contribution in [0, 0.1) is 5.92 Å². The molecule has 0 radical (unpaired) electrons. The van der Waals surface area contributed by atoms with Gasteiger partial charge in [-0.05, 0) is 63.3 Å². The maximum atomic E-state index is 12.9. The van der Waals surface area contributed by atoms with E-state index in [1.165, 1.54) is 12.1 Å². The van der Waals surface area contributed by atoms with Crippen LogP contribution in [0.25, 0.3) is 5.57 Å². The number of aryl methyl sites for hydroxylation is 1. The van der Waals surface area contributed by atoms with Crippen LogP contribution >= 0.6 is 0 Å². The minimum atomic E-state index is -4.27. The van der Waals surface area contributed by atoms with Crippen molar-refractivity contribution in [3.8, 4) is 0 Å². The van der Waals surface area contributed by atoms with Gasteiger partial charge in [0.15, 0.2) is 5.82 Å². The number of fused-ring (bicyclic) bond motifs is 1. The van der Waals surface area contributed by atoms with E-state index < -0.39 is 11.7 Å². The number of piperidine rings is 1. The minimum absolute atomic E-state index is 0.0678. The van der Waals surface area contributed by atoms with Gasteiger partial charge in [0.25, 0.3) is 0 Å². The first-order chi connectivity index (χ1) is 15.3. The SMILES string of the molecule is C/C=C\C(=C/C)c1nnc(CCCCN2CC3C[C@]3(c3ccc(C(F)(F)F)cc3)C2)n1C. The Morgan fingerprint density at radius 1 is 1.16 bits per heavy atom. The molecule has 2 aromatic rings. The highest BCUT2D eigenvalue weighted by Crippen LogP contribution is 2.59. The van der Waals surface area contributed by atoms with E-state index in [9.17, 15) is 13.2 Å². The van der Waals surface area contributed by atoms with Gasteiger partial charge in [0.05, 0.1) is 5.56 Å². The van der Waals surface area contributed by atoms with Gasteiger partial charge in [-0.1, -0.05) is 30.4 Å². The van der Waals surface area contributed by atoms with Crippen LogP contribution in [0.3, 0.4) is 0 Å². The fourth-order valence-corrected chi connectivity index (χ4v) is 5.12. The third kappa shape index (κ3) is 4.40. The van der Waals surface area contributed by atoms with Crippen molar-refractivity contribution in [2.75, 3.05) is 19.6 Å². The number of allylic oxidation sites excluding steroid dienone is 4. The third-order valence-electron chi connectivity index (χ3n) is 7.01. The van der Waals surface area contributed by atoms with E-state index in [0.717, 1.165) is 68.1 Å². The van der Waals surface area contributed by atoms with Crippen LogP contribution in [-0.2, 0) is 25.1 Å². The number of halogens is 3. The number of alkyl halides is 3. The molecular weight excluding hydrogens is 413 g/mol. The van der Waals surface area contributed by atoms with Gasteiger partial charge in [-0.3, -0.25) is 0 Å². The molecule has 7 heteroatoms. The molecule has 0 bridgehead atoms. The number of aromatic nitrogens is 3. The van der Waals surface area contributed by atoms with Crippen LogP contribution in [-0.4, -0.2) is 39.3 Å². The van der Waals surface area contributed by atoms with E-state index in [1.807, 2.05) is 39.1 Å². The van der Waals surface area contributed by atoms with Crippen molar-refractivity contribution in [2.24, 2.45) is 13.0 Å². The molecule has 0 amide bonds. The van der Waals surface area contributed by atoms with Crippen molar-refractivity contribution in [2.45, 2.75) is 51.1 Å². The van der Waals surface area contributed by atoms with Gasteiger partial charge in [0.2, 0.25) is 0 Å². The molecule has 2 atom stereocenters.